The van der Waals surface area contributed by atoms with Crippen LogP contribution in [0.4, 0.5) is 10.1 Å². The SMILES string of the molecule is Fc1cc(Br)ccc1N1CCCC(NC2CC2)C1. The highest BCUT2D eigenvalue weighted by molar-refractivity contribution is 9.10. The average Bonchev–Trinajstić information content (AvgIpc) is 3.13. The van der Waals surface area contributed by atoms with Crippen LogP contribution in [-0.2, 0) is 0 Å². The van der Waals surface area contributed by atoms with Crippen LogP contribution in [0.2, 0.25) is 0 Å². The maximum absolute atomic E-state index is 13.9. The van der Waals surface area contributed by atoms with E-state index in [1.54, 1.807) is 6.07 Å². The first kappa shape index (κ1) is 12.4. The molecule has 18 heavy (non-hydrogen) atoms. The molecule has 0 aromatic heterocycles. The molecular weight excluding hydrogens is 295 g/mol. The normalized spacial score (nSPS) is 24.3. The zero-order valence-electron chi connectivity index (χ0n) is 10.3. The molecule has 1 saturated carbocycles. The third kappa shape index (κ3) is 2.86. The number of nitrogens with one attached hydrogen (secondary N) is 1. The summed E-state index contributed by atoms with van der Waals surface area (Å²) in [6.45, 7) is 1.89. The summed E-state index contributed by atoms with van der Waals surface area (Å²) < 4.78 is 14.7. The number of halogens is 2. The molecule has 1 unspecified atom stereocenters. The molecule has 1 aliphatic heterocycles. The fourth-order valence-electron chi connectivity index (χ4n) is 2.65. The predicted molar refractivity (Wildman–Crippen MR) is 75.5 cm³/mol. The van der Waals surface area contributed by atoms with E-state index in [1.807, 2.05) is 12.1 Å². The van der Waals surface area contributed by atoms with Crippen molar-refractivity contribution in [2.24, 2.45) is 0 Å². The van der Waals surface area contributed by atoms with Crippen molar-refractivity contribution >= 4 is 21.6 Å². The quantitative estimate of drug-likeness (QED) is 0.921. The van der Waals surface area contributed by atoms with Gasteiger partial charge in [0, 0.05) is 29.6 Å². The van der Waals surface area contributed by atoms with Crippen molar-refractivity contribution in [1.82, 2.24) is 5.32 Å². The summed E-state index contributed by atoms with van der Waals surface area (Å²) in [6.07, 6.45) is 4.97. The molecular formula is C14H18BrFN2. The summed E-state index contributed by atoms with van der Waals surface area (Å²) in [5, 5.41) is 3.65. The molecule has 0 radical (unpaired) electrons. The van der Waals surface area contributed by atoms with Gasteiger partial charge in [-0.2, -0.15) is 0 Å². The molecule has 0 amide bonds. The first-order chi connectivity index (χ1) is 8.72. The van der Waals surface area contributed by atoms with Crippen LogP contribution in [0.15, 0.2) is 22.7 Å². The van der Waals surface area contributed by atoms with Crippen LogP contribution in [0.5, 0.6) is 0 Å². The number of anilines is 1. The van der Waals surface area contributed by atoms with E-state index >= 15 is 0 Å². The maximum atomic E-state index is 13.9. The molecule has 1 atom stereocenters. The fourth-order valence-corrected chi connectivity index (χ4v) is 2.99. The van der Waals surface area contributed by atoms with E-state index in [1.165, 1.54) is 19.3 Å². The van der Waals surface area contributed by atoms with E-state index < -0.39 is 0 Å². The highest BCUT2D eigenvalue weighted by Crippen LogP contribution is 2.27. The molecule has 0 bridgehead atoms. The maximum Gasteiger partial charge on any atom is 0.147 e. The minimum atomic E-state index is -0.128. The van der Waals surface area contributed by atoms with E-state index in [2.05, 4.69) is 26.1 Å². The fraction of sp³-hybridized carbons (Fsp3) is 0.571. The summed E-state index contributed by atoms with van der Waals surface area (Å²) >= 11 is 3.30. The zero-order valence-corrected chi connectivity index (χ0v) is 11.9. The van der Waals surface area contributed by atoms with Gasteiger partial charge in [0.1, 0.15) is 5.82 Å². The Morgan fingerprint density at radius 2 is 2.06 bits per heavy atom. The number of nitrogens with zero attached hydrogens (tertiary/aromatic N) is 1. The van der Waals surface area contributed by atoms with Crippen molar-refractivity contribution in [1.29, 1.82) is 0 Å². The van der Waals surface area contributed by atoms with Crippen LogP contribution in [0.25, 0.3) is 0 Å². The minimum Gasteiger partial charge on any atom is -0.368 e. The van der Waals surface area contributed by atoms with Gasteiger partial charge in [-0.1, -0.05) is 15.9 Å². The average molecular weight is 313 g/mol. The third-order valence-corrected chi connectivity index (χ3v) is 4.21. The third-order valence-electron chi connectivity index (χ3n) is 3.72. The highest BCUT2D eigenvalue weighted by Gasteiger charge is 2.28. The monoisotopic (exact) mass is 312 g/mol. The van der Waals surface area contributed by atoms with Crippen molar-refractivity contribution in [2.75, 3.05) is 18.0 Å². The van der Waals surface area contributed by atoms with Crippen LogP contribution in [0, 0.1) is 5.82 Å². The van der Waals surface area contributed by atoms with E-state index in [9.17, 15) is 4.39 Å². The van der Waals surface area contributed by atoms with Gasteiger partial charge in [0.05, 0.1) is 5.69 Å². The Balaban J connectivity index is 1.70. The Labute approximate surface area is 116 Å². The van der Waals surface area contributed by atoms with Crippen LogP contribution in [0.1, 0.15) is 25.7 Å². The van der Waals surface area contributed by atoms with Gasteiger partial charge in [0.2, 0.25) is 0 Å². The van der Waals surface area contributed by atoms with Crippen LogP contribution >= 0.6 is 15.9 Å². The number of hydrogen-bond acceptors (Lipinski definition) is 2. The second-order valence-electron chi connectivity index (χ2n) is 5.32. The number of piperidine rings is 1. The van der Waals surface area contributed by atoms with Gasteiger partial charge in [0.25, 0.3) is 0 Å². The molecule has 0 spiro atoms. The molecule has 1 aliphatic carbocycles. The standard InChI is InChI=1S/C14H18BrFN2/c15-10-3-6-14(13(16)8-10)18-7-1-2-12(9-18)17-11-4-5-11/h3,6,8,11-12,17H,1-2,4-5,7,9H2. The summed E-state index contributed by atoms with van der Waals surface area (Å²) in [5.74, 6) is -0.128. The molecule has 1 saturated heterocycles. The van der Waals surface area contributed by atoms with Crippen LogP contribution in [0.3, 0.4) is 0 Å². The number of rotatable bonds is 3. The highest BCUT2D eigenvalue weighted by atomic mass is 79.9. The number of benzene rings is 1. The molecule has 4 heteroatoms. The summed E-state index contributed by atoms with van der Waals surface area (Å²) in [5.41, 5.74) is 0.737. The Morgan fingerprint density at radius 3 is 2.78 bits per heavy atom. The number of hydrogen-bond donors (Lipinski definition) is 1. The summed E-state index contributed by atoms with van der Waals surface area (Å²) in [4.78, 5) is 2.17. The van der Waals surface area contributed by atoms with Gasteiger partial charge in [-0.15, -0.1) is 0 Å². The van der Waals surface area contributed by atoms with Crippen LogP contribution in [-0.4, -0.2) is 25.2 Å². The van der Waals surface area contributed by atoms with Crippen molar-refractivity contribution in [3.8, 4) is 0 Å². The summed E-state index contributed by atoms with van der Waals surface area (Å²) in [7, 11) is 0. The van der Waals surface area contributed by atoms with Crippen molar-refractivity contribution < 1.29 is 4.39 Å². The van der Waals surface area contributed by atoms with E-state index in [0.717, 1.165) is 35.7 Å². The Kier molecular flexibility index (Phi) is 3.57. The molecule has 2 aliphatic rings. The molecule has 1 aromatic rings. The van der Waals surface area contributed by atoms with Crippen molar-refractivity contribution in [2.45, 2.75) is 37.8 Å². The van der Waals surface area contributed by atoms with Gasteiger partial charge < -0.3 is 10.2 Å². The Hall–Kier alpha value is -0.610. The minimum absolute atomic E-state index is 0.128. The lowest BCUT2D eigenvalue weighted by atomic mass is 10.0. The van der Waals surface area contributed by atoms with Crippen molar-refractivity contribution in [3.05, 3.63) is 28.5 Å². The molecule has 2 nitrogen and oxygen atoms in total. The molecule has 1 heterocycles. The molecule has 1 N–H and O–H groups in total. The van der Waals surface area contributed by atoms with E-state index in [0.29, 0.717) is 6.04 Å². The zero-order chi connectivity index (χ0) is 12.5. The van der Waals surface area contributed by atoms with E-state index in [-0.39, 0.29) is 5.82 Å². The first-order valence-corrected chi connectivity index (χ1v) is 7.48. The van der Waals surface area contributed by atoms with E-state index in [4.69, 9.17) is 0 Å². The van der Waals surface area contributed by atoms with Gasteiger partial charge in [-0.3, -0.25) is 0 Å². The molecule has 1 aromatic carbocycles. The summed E-state index contributed by atoms with van der Waals surface area (Å²) in [6, 6.07) is 6.58. The molecule has 3 rings (SSSR count). The second kappa shape index (κ2) is 5.17. The van der Waals surface area contributed by atoms with Gasteiger partial charge in [-0.25, -0.2) is 4.39 Å². The topological polar surface area (TPSA) is 15.3 Å². The second-order valence-corrected chi connectivity index (χ2v) is 6.24. The van der Waals surface area contributed by atoms with Gasteiger partial charge in [-0.05, 0) is 43.9 Å². The van der Waals surface area contributed by atoms with Crippen LogP contribution < -0.4 is 10.2 Å². The lowest BCUT2D eigenvalue weighted by Crippen LogP contribution is -2.46. The molecule has 2 fully saturated rings. The Morgan fingerprint density at radius 1 is 1.22 bits per heavy atom. The van der Waals surface area contributed by atoms with Gasteiger partial charge in [0.15, 0.2) is 0 Å². The predicted octanol–water partition coefficient (Wildman–Crippen LogP) is 3.31. The van der Waals surface area contributed by atoms with Crippen molar-refractivity contribution in [3.63, 3.8) is 0 Å². The Bertz CT molecular complexity index is 434. The molecule has 98 valence electrons. The van der Waals surface area contributed by atoms with Gasteiger partial charge >= 0.3 is 0 Å². The lowest BCUT2D eigenvalue weighted by molar-refractivity contribution is 0.417. The smallest absolute Gasteiger partial charge is 0.147 e. The first-order valence-electron chi connectivity index (χ1n) is 6.68. The lowest BCUT2D eigenvalue weighted by Gasteiger charge is -2.35. The largest absolute Gasteiger partial charge is 0.368 e.